The van der Waals surface area contributed by atoms with E-state index in [1.807, 2.05) is 36.4 Å². The summed E-state index contributed by atoms with van der Waals surface area (Å²) in [4.78, 5) is 28.7. The van der Waals surface area contributed by atoms with Gasteiger partial charge in [-0.3, -0.25) is 9.59 Å². The zero-order chi connectivity index (χ0) is 22.7. The van der Waals surface area contributed by atoms with Crippen molar-refractivity contribution in [3.8, 4) is 0 Å². The van der Waals surface area contributed by atoms with E-state index in [2.05, 4.69) is 15.1 Å². The van der Waals surface area contributed by atoms with Crippen LogP contribution in [0.2, 0.25) is 10.0 Å². The van der Waals surface area contributed by atoms with Gasteiger partial charge in [-0.2, -0.15) is 0 Å². The van der Waals surface area contributed by atoms with Crippen LogP contribution in [0.5, 0.6) is 0 Å². The smallest absolute Gasteiger partial charge is 0.307 e. The molecule has 6 nitrogen and oxygen atoms in total. The normalized spacial score (nSPS) is 21.3. The Kier molecular flexibility index (Phi) is 7.11. The Balaban J connectivity index is 1.34. The van der Waals surface area contributed by atoms with Gasteiger partial charge in [0.25, 0.3) is 0 Å². The standard InChI is InChI=1S/C24H27Cl2N3O3/c25-20-6-3-7-21(22(20)26)29-14-12-28(13-15-29)17-10-8-16(9-11-17)27-23(30)18-4-1-2-5-19(18)24(31)32/h3,6-11,18-19H,1-2,4-5,12-15H2,(H,27,30)(H,31,32)/t18-,19+/m1/s1. The minimum Gasteiger partial charge on any atom is -0.481 e. The van der Waals surface area contributed by atoms with Crippen molar-refractivity contribution in [3.05, 3.63) is 52.5 Å². The Bertz CT molecular complexity index is 975. The van der Waals surface area contributed by atoms with E-state index in [9.17, 15) is 14.7 Å². The highest BCUT2D eigenvalue weighted by atomic mass is 35.5. The maximum Gasteiger partial charge on any atom is 0.307 e. The number of nitrogens with zero attached hydrogens (tertiary/aromatic N) is 2. The van der Waals surface area contributed by atoms with E-state index in [0.717, 1.165) is 50.4 Å². The zero-order valence-corrected chi connectivity index (χ0v) is 19.3. The van der Waals surface area contributed by atoms with Crippen molar-refractivity contribution < 1.29 is 14.7 Å². The quantitative estimate of drug-likeness (QED) is 0.625. The molecule has 2 aromatic rings. The van der Waals surface area contributed by atoms with Gasteiger partial charge in [0, 0.05) is 37.6 Å². The van der Waals surface area contributed by atoms with Crippen LogP contribution in [0.3, 0.4) is 0 Å². The van der Waals surface area contributed by atoms with E-state index < -0.39 is 17.8 Å². The number of carbonyl (C=O) groups is 2. The summed E-state index contributed by atoms with van der Waals surface area (Å²) >= 11 is 12.5. The van der Waals surface area contributed by atoms with E-state index in [-0.39, 0.29) is 5.91 Å². The second-order valence-corrected chi connectivity index (χ2v) is 9.20. The lowest BCUT2D eigenvalue weighted by Gasteiger charge is -2.37. The number of carboxylic acids is 1. The Morgan fingerprint density at radius 3 is 2.16 bits per heavy atom. The van der Waals surface area contributed by atoms with Gasteiger partial charge in [-0.05, 0) is 49.2 Å². The molecule has 1 saturated carbocycles. The maximum atomic E-state index is 12.7. The number of hydrogen-bond acceptors (Lipinski definition) is 4. The summed E-state index contributed by atoms with van der Waals surface area (Å²) in [5.74, 6) is -2.13. The van der Waals surface area contributed by atoms with Gasteiger partial charge in [0.15, 0.2) is 0 Å². The first-order valence-corrected chi connectivity index (χ1v) is 11.8. The van der Waals surface area contributed by atoms with E-state index >= 15 is 0 Å². The van der Waals surface area contributed by atoms with Crippen molar-refractivity contribution in [2.45, 2.75) is 25.7 Å². The second kappa shape index (κ2) is 10.0. The predicted octanol–water partition coefficient (Wildman–Crippen LogP) is 5.15. The molecule has 4 rings (SSSR count). The van der Waals surface area contributed by atoms with Crippen LogP contribution in [-0.4, -0.2) is 43.2 Å². The van der Waals surface area contributed by atoms with Crippen LogP contribution in [0.25, 0.3) is 0 Å². The van der Waals surface area contributed by atoms with Crippen LogP contribution in [0, 0.1) is 11.8 Å². The number of halogens is 2. The molecule has 0 radical (unpaired) electrons. The molecule has 170 valence electrons. The number of benzene rings is 2. The van der Waals surface area contributed by atoms with Crippen molar-refractivity contribution in [1.29, 1.82) is 0 Å². The first kappa shape index (κ1) is 22.7. The van der Waals surface area contributed by atoms with Crippen LogP contribution in [0.1, 0.15) is 25.7 Å². The molecule has 2 aromatic carbocycles. The van der Waals surface area contributed by atoms with Crippen LogP contribution in [0.4, 0.5) is 17.1 Å². The predicted molar refractivity (Wildman–Crippen MR) is 129 cm³/mol. The number of amides is 1. The number of aliphatic carboxylic acids is 1. The van der Waals surface area contributed by atoms with E-state index in [1.165, 1.54) is 0 Å². The number of carboxylic acid groups (broad SMARTS) is 1. The highest BCUT2D eigenvalue weighted by Gasteiger charge is 2.35. The van der Waals surface area contributed by atoms with Crippen molar-refractivity contribution in [1.82, 2.24) is 0 Å². The number of hydrogen-bond donors (Lipinski definition) is 2. The lowest BCUT2D eigenvalue weighted by molar-refractivity contribution is -0.147. The molecule has 8 heteroatoms. The maximum absolute atomic E-state index is 12.7. The third-order valence-corrected chi connectivity index (χ3v) is 7.28. The molecular formula is C24H27Cl2N3O3. The Morgan fingerprint density at radius 1 is 0.875 bits per heavy atom. The summed E-state index contributed by atoms with van der Waals surface area (Å²) in [5.41, 5.74) is 2.73. The number of rotatable bonds is 5. The molecule has 1 aliphatic carbocycles. The van der Waals surface area contributed by atoms with Gasteiger partial charge in [0.05, 0.1) is 27.6 Å². The fourth-order valence-corrected chi connectivity index (χ4v) is 5.09. The highest BCUT2D eigenvalue weighted by molar-refractivity contribution is 6.43. The lowest BCUT2D eigenvalue weighted by atomic mass is 9.78. The van der Waals surface area contributed by atoms with Crippen molar-refractivity contribution in [3.63, 3.8) is 0 Å². The Labute approximate surface area is 198 Å². The summed E-state index contributed by atoms with van der Waals surface area (Å²) in [5, 5.41) is 13.5. The SMILES string of the molecule is O=C(O)[C@H]1CCCC[C@H]1C(=O)Nc1ccc(N2CCN(c3cccc(Cl)c3Cl)CC2)cc1. The average Bonchev–Trinajstić information content (AvgIpc) is 2.81. The Hall–Kier alpha value is -2.44. The molecule has 2 atom stereocenters. The van der Waals surface area contributed by atoms with Gasteiger partial charge in [0.1, 0.15) is 0 Å². The highest BCUT2D eigenvalue weighted by Crippen LogP contribution is 2.34. The molecule has 0 spiro atoms. The topological polar surface area (TPSA) is 72.9 Å². The first-order chi connectivity index (χ1) is 15.4. The fraction of sp³-hybridized carbons (Fsp3) is 0.417. The molecule has 0 aromatic heterocycles. The summed E-state index contributed by atoms with van der Waals surface area (Å²) < 4.78 is 0. The molecule has 0 unspecified atom stereocenters. The minimum absolute atomic E-state index is 0.197. The van der Waals surface area contributed by atoms with Crippen LogP contribution < -0.4 is 15.1 Å². The molecule has 1 amide bonds. The number of nitrogens with one attached hydrogen (secondary N) is 1. The average molecular weight is 476 g/mol. The van der Waals surface area contributed by atoms with Crippen molar-refractivity contribution >= 4 is 52.1 Å². The minimum atomic E-state index is -0.876. The number of piperazine rings is 1. The van der Waals surface area contributed by atoms with Crippen LogP contribution in [0.15, 0.2) is 42.5 Å². The molecular weight excluding hydrogens is 449 g/mol. The molecule has 1 saturated heterocycles. The van der Waals surface area contributed by atoms with E-state index in [0.29, 0.717) is 28.6 Å². The van der Waals surface area contributed by atoms with E-state index in [1.54, 1.807) is 6.07 Å². The Morgan fingerprint density at radius 2 is 1.50 bits per heavy atom. The van der Waals surface area contributed by atoms with Gasteiger partial charge in [-0.25, -0.2) is 0 Å². The lowest BCUT2D eigenvalue weighted by Crippen LogP contribution is -2.46. The summed E-state index contributed by atoms with van der Waals surface area (Å²) in [6.07, 6.45) is 2.96. The molecule has 2 fully saturated rings. The van der Waals surface area contributed by atoms with Gasteiger partial charge < -0.3 is 20.2 Å². The third-order valence-electron chi connectivity index (χ3n) is 6.47. The van der Waals surface area contributed by atoms with Gasteiger partial charge in [0.2, 0.25) is 5.91 Å². The van der Waals surface area contributed by atoms with E-state index in [4.69, 9.17) is 23.2 Å². The zero-order valence-electron chi connectivity index (χ0n) is 17.8. The summed E-state index contributed by atoms with van der Waals surface area (Å²) in [7, 11) is 0. The largest absolute Gasteiger partial charge is 0.481 e. The van der Waals surface area contributed by atoms with Crippen molar-refractivity contribution in [2.75, 3.05) is 41.3 Å². The molecule has 1 aliphatic heterocycles. The van der Waals surface area contributed by atoms with Crippen molar-refractivity contribution in [2.24, 2.45) is 11.8 Å². The number of anilines is 3. The molecule has 2 aliphatic rings. The second-order valence-electron chi connectivity index (χ2n) is 8.42. The number of carbonyl (C=O) groups excluding carboxylic acids is 1. The van der Waals surface area contributed by atoms with Gasteiger partial charge in [-0.1, -0.05) is 42.1 Å². The summed E-state index contributed by atoms with van der Waals surface area (Å²) in [6, 6.07) is 13.4. The van der Waals surface area contributed by atoms with Gasteiger partial charge in [-0.15, -0.1) is 0 Å². The molecule has 0 bridgehead atoms. The molecule has 1 heterocycles. The van der Waals surface area contributed by atoms with Crippen LogP contribution >= 0.6 is 23.2 Å². The molecule has 32 heavy (non-hydrogen) atoms. The van der Waals surface area contributed by atoms with Gasteiger partial charge >= 0.3 is 5.97 Å². The fourth-order valence-electron chi connectivity index (χ4n) is 4.67. The first-order valence-electron chi connectivity index (χ1n) is 11.0. The monoisotopic (exact) mass is 475 g/mol. The summed E-state index contributed by atoms with van der Waals surface area (Å²) in [6.45, 7) is 3.35. The van der Waals surface area contributed by atoms with Crippen LogP contribution in [-0.2, 0) is 9.59 Å². The molecule has 2 N–H and O–H groups in total. The third kappa shape index (κ3) is 4.97.